The van der Waals surface area contributed by atoms with E-state index >= 15 is 0 Å². The van der Waals surface area contributed by atoms with Gasteiger partial charge in [-0.05, 0) is 43.2 Å². The van der Waals surface area contributed by atoms with E-state index in [2.05, 4.69) is 5.32 Å². The van der Waals surface area contributed by atoms with Gasteiger partial charge >= 0.3 is 0 Å². The van der Waals surface area contributed by atoms with E-state index in [0.717, 1.165) is 5.56 Å². The molecule has 0 aliphatic heterocycles. The Morgan fingerprint density at radius 3 is 2.46 bits per heavy atom. The molecular weight excluding hydrogens is 349 g/mol. The Balaban J connectivity index is 1.77. The Labute approximate surface area is 151 Å². The molecule has 0 spiro atoms. The van der Waals surface area contributed by atoms with Crippen molar-refractivity contribution < 1.29 is 14.3 Å². The molecule has 2 aromatic carbocycles. The SMILES string of the molecule is CCOc1ccccc1OCC(=O)NCCc1ccc(Cl)cc1Cl. The Morgan fingerprint density at radius 1 is 1.08 bits per heavy atom. The maximum Gasteiger partial charge on any atom is 0.257 e. The fourth-order valence-electron chi connectivity index (χ4n) is 2.10. The first-order valence-corrected chi connectivity index (χ1v) is 8.41. The number of ether oxygens (including phenoxy) is 2. The summed E-state index contributed by atoms with van der Waals surface area (Å²) in [6.07, 6.45) is 0.622. The van der Waals surface area contributed by atoms with Crippen molar-refractivity contribution in [1.82, 2.24) is 5.32 Å². The Morgan fingerprint density at radius 2 is 1.79 bits per heavy atom. The molecule has 0 atom stereocenters. The predicted octanol–water partition coefficient (Wildman–Crippen LogP) is 4.13. The van der Waals surface area contributed by atoms with E-state index in [1.54, 1.807) is 24.3 Å². The lowest BCUT2D eigenvalue weighted by atomic mass is 10.1. The summed E-state index contributed by atoms with van der Waals surface area (Å²) in [7, 11) is 0. The van der Waals surface area contributed by atoms with Gasteiger partial charge in [-0.3, -0.25) is 4.79 Å². The zero-order valence-corrected chi connectivity index (χ0v) is 14.9. The molecule has 0 aromatic heterocycles. The van der Waals surface area contributed by atoms with Crippen LogP contribution in [-0.2, 0) is 11.2 Å². The van der Waals surface area contributed by atoms with Gasteiger partial charge in [-0.25, -0.2) is 0 Å². The summed E-state index contributed by atoms with van der Waals surface area (Å²) < 4.78 is 11.0. The summed E-state index contributed by atoms with van der Waals surface area (Å²) in [5.74, 6) is 0.974. The maximum atomic E-state index is 11.9. The smallest absolute Gasteiger partial charge is 0.257 e. The van der Waals surface area contributed by atoms with E-state index in [0.29, 0.717) is 41.1 Å². The number of carbonyl (C=O) groups is 1. The highest BCUT2D eigenvalue weighted by molar-refractivity contribution is 6.35. The lowest BCUT2D eigenvalue weighted by Gasteiger charge is -2.12. The first-order valence-electron chi connectivity index (χ1n) is 7.65. The largest absolute Gasteiger partial charge is 0.490 e. The van der Waals surface area contributed by atoms with Crippen molar-refractivity contribution in [2.24, 2.45) is 0 Å². The average molecular weight is 368 g/mol. The average Bonchev–Trinajstić information content (AvgIpc) is 2.56. The third kappa shape index (κ3) is 5.62. The highest BCUT2D eigenvalue weighted by Gasteiger charge is 2.08. The molecule has 2 rings (SSSR count). The predicted molar refractivity (Wildman–Crippen MR) is 96.3 cm³/mol. The van der Waals surface area contributed by atoms with E-state index in [-0.39, 0.29) is 12.5 Å². The number of hydrogen-bond donors (Lipinski definition) is 1. The molecule has 0 radical (unpaired) electrons. The van der Waals surface area contributed by atoms with Gasteiger partial charge in [0.1, 0.15) is 0 Å². The van der Waals surface area contributed by atoms with E-state index in [9.17, 15) is 4.79 Å². The lowest BCUT2D eigenvalue weighted by Crippen LogP contribution is -2.30. The van der Waals surface area contributed by atoms with Gasteiger partial charge in [0.25, 0.3) is 5.91 Å². The standard InChI is InChI=1S/C18H19Cl2NO3/c1-2-23-16-5-3-4-6-17(16)24-12-18(22)21-10-9-13-7-8-14(19)11-15(13)20/h3-8,11H,2,9-10,12H2,1H3,(H,21,22). The van der Waals surface area contributed by atoms with Crippen molar-refractivity contribution in [1.29, 1.82) is 0 Å². The molecule has 0 fully saturated rings. The Hall–Kier alpha value is -1.91. The van der Waals surface area contributed by atoms with Crippen LogP contribution < -0.4 is 14.8 Å². The fraction of sp³-hybridized carbons (Fsp3) is 0.278. The summed E-state index contributed by atoms with van der Waals surface area (Å²) in [5.41, 5.74) is 0.934. The molecule has 4 nitrogen and oxygen atoms in total. The molecular formula is C18H19Cl2NO3. The lowest BCUT2D eigenvalue weighted by molar-refractivity contribution is -0.123. The second kappa shape index (κ2) is 9.40. The van der Waals surface area contributed by atoms with Crippen LogP contribution in [0.15, 0.2) is 42.5 Å². The van der Waals surface area contributed by atoms with Gasteiger partial charge in [0.15, 0.2) is 18.1 Å². The second-order valence-corrected chi connectivity index (χ2v) is 5.85. The maximum absolute atomic E-state index is 11.9. The van der Waals surface area contributed by atoms with Crippen LogP contribution in [0.1, 0.15) is 12.5 Å². The Kier molecular flexibility index (Phi) is 7.22. The molecule has 0 saturated heterocycles. The van der Waals surface area contributed by atoms with Crippen LogP contribution in [0.2, 0.25) is 10.0 Å². The van der Waals surface area contributed by atoms with E-state index in [1.165, 1.54) is 0 Å². The van der Waals surface area contributed by atoms with Crippen LogP contribution >= 0.6 is 23.2 Å². The molecule has 0 aliphatic rings. The van der Waals surface area contributed by atoms with Gasteiger partial charge in [-0.1, -0.05) is 41.4 Å². The number of carbonyl (C=O) groups excluding carboxylic acids is 1. The van der Waals surface area contributed by atoms with Gasteiger partial charge in [0.05, 0.1) is 6.61 Å². The van der Waals surface area contributed by atoms with Gasteiger partial charge in [0, 0.05) is 16.6 Å². The summed E-state index contributed by atoms with van der Waals surface area (Å²) in [5, 5.41) is 3.99. The number of rotatable bonds is 8. The number of para-hydroxylation sites is 2. The first-order chi connectivity index (χ1) is 11.6. The van der Waals surface area contributed by atoms with Gasteiger partial charge in [-0.2, -0.15) is 0 Å². The van der Waals surface area contributed by atoms with Crippen molar-refractivity contribution in [3.05, 3.63) is 58.1 Å². The minimum atomic E-state index is -0.202. The number of benzene rings is 2. The number of hydrogen-bond acceptors (Lipinski definition) is 3. The van der Waals surface area contributed by atoms with Crippen molar-refractivity contribution in [2.45, 2.75) is 13.3 Å². The number of halogens is 2. The summed E-state index contributed by atoms with van der Waals surface area (Å²) in [4.78, 5) is 11.9. The van der Waals surface area contributed by atoms with Crippen LogP contribution in [-0.4, -0.2) is 25.7 Å². The molecule has 0 heterocycles. The molecule has 6 heteroatoms. The molecule has 0 saturated carbocycles. The normalized spacial score (nSPS) is 10.3. The van der Waals surface area contributed by atoms with E-state index < -0.39 is 0 Å². The van der Waals surface area contributed by atoms with Crippen molar-refractivity contribution in [3.63, 3.8) is 0 Å². The molecule has 24 heavy (non-hydrogen) atoms. The van der Waals surface area contributed by atoms with Crippen LogP contribution in [0.25, 0.3) is 0 Å². The van der Waals surface area contributed by atoms with Gasteiger partial charge in [-0.15, -0.1) is 0 Å². The van der Waals surface area contributed by atoms with Crippen LogP contribution in [0.4, 0.5) is 0 Å². The molecule has 0 aliphatic carbocycles. The van der Waals surface area contributed by atoms with Crippen LogP contribution in [0, 0.1) is 0 Å². The monoisotopic (exact) mass is 367 g/mol. The minimum absolute atomic E-state index is 0.0710. The second-order valence-electron chi connectivity index (χ2n) is 5.00. The number of amides is 1. The molecule has 2 aromatic rings. The minimum Gasteiger partial charge on any atom is -0.490 e. The topological polar surface area (TPSA) is 47.6 Å². The molecule has 1 N–H and O–H groups in total. The molecule has 0 unspecified atom stereocenters. The summed E-state index contributed by atoms with van der Waals surface area (Å²) in [6.45, 7) is 2.83. The van der Waals surface area contributed by atoms with Crippen LogP contribution in [0.3, 0.4) is 0 Å². The van der Waals surface area contributed by atoms with Crippen molar-refractivity contribution in [3.8, 4) is 11.5 Å². The van der Waals surface area contributed by atoms with Gasteiger partial charge in [0.2, 0.25) is 0 Å². The quantitative estimate of drug-likeness (QED) is 0.762. The fourth-order valence-corrected chi connectivity index (χ4v) is 2.60. The first kappa shape index (κ1) is 18.4. The van der Waals surface area contributed by atoms with E-state index in [4.69, 9.17) is 32.7 Å². The highest BCUT2D eigenvalue weighted by atomic mass is 35.5. The zero-order valence-electron chi connectivity index (χ0n) is 13.4. The zero-order chi connectivity index (χ0) is 17.4. The van der Waals surface area contributed by atoms with Crippen LogP contribution in [0.5, 0.6) is 11.5 Å². The third-order valence-corrected chi connectivity index (χ3v) is 3.83. The van der Waals surface area contributed by atoms with Gasteiger partial charge < -0.3 is 14.8 Å². The van der Waals surface area contributed by atoms with E-state index in [1.807, 2.05) is 25.1 Å². The van der Waals surface area contributed by atoms with Crippen molar-refractivity contribution in [2.75, 3.05) is 19.8 Å². The van der Waals surface area contributed by atoms with Crippen molar-refractivity contribution >= 4 is 29.1 Å². The molecule has 0 bridgehead atoms. The number of nitrogens with one attached hydrogen (secondary N) is 1. The Bertz CT molecular complexity index is 692. The summed E-state index contributed by atoms with van der Waals surface area (Å²) in [6, 6.07) is 12.6. The molecule has 1 amide bonds. The molecule has 128 valence electrons. The third-order valence-electron chi connectivity index (χ3n) is 3.24. The summed E-state index contributed by atoms with van der Waals surface area (Å²) >= 11 is 12.0. The highest BCUT2D eigenvalue weighted by Crippen LogP contribution is 2.26.